The fraction of sp³-hybridized carbons (Fsp3) is 0.267. The Kier molecular flexibility index (Phi) is 4.89. The van der Waals surface area contributed by atoms with Gasteiger partial charge in [-0.3, -0.25) is 10.8 Å². The van der Waals surface area contributed by atoms with Gasteiger partial charge in [-0.05, 0) is 23.6 Å². The summed E-state index contributed by atoms with van der Waals surface area (Å²) in [5.74, 6) is 6.44. The zero-order chi connectivity index (χ0) is 13.5. The number of hydrazine groups is 1. The van der Waals surface area contributed by atoms with E-state index >= 15 is 0 Å². The van der Waals surface area contributed by atoms with Gasteiger partial charge in [-0.2, -0.15) is 0 Å². The second kappa shape index (κ2) is 6.87. The zero-order valence-corrected chi connectivity index (χ0v) is 11.0. The Labute approximate surface area is 113 Å². The number of nitrogens with zero attached hydrogens (tertiary/aromatic N) is 1. The van der Waals surface area contributed by atoms with Crippen molar-refractivity contribution in [3.05, 3.63) is 59.9 Å². The van der Waals surface area contributed by atoms with Gasteiger partial charge in [-0.1, -0.05) is 37.3 Å². The predicted octanol–water partition coefficient (Wildman–Crippen LogP) is 2.42. The van der Waals surface area contributed by atoms with Crippen molar-refractivity contribution in [2.24, 2.45) is 5.84 Å². The number of hydrogen-bond acceptors (Lipinski definition) is 4. The number of aromatic nitrogens is 1. The molecule has 1 unspecified atom stereocenters. The number of benzene rings is 1. The SMILES string of the molecule is CCCOc1cncc(C(NN)c2ccccc2)c1. The molecule has 2 rings (SSSR count). The van der Waals surface area contributed by atoms with Crippen LogP contribution in [0.4, 0.5) is 0 Å². The van der Waals surface area contributed by atoms with E-state index in [4.69, 9.17) is 10.6 Å². The molecule has 0 aliphatic rings. The maximum Gasteiger partial charge on any atom is 0.137 e. The Morgan fingerprint density at radius 2 is 2.00 bits per heavy atom. The summed E-state index contributed by atoms with van der Waals surface area (Å²) in [6.07, 6.45) is 4.50. The number of ether oxygens (including phenoxy) is 1. The smallest absolute Gasteiger partial charge is 0.137 e. The number of pyridine rings is 1. The van der Waals surface area contributed by atoms with Crippen LogP contribution in [0.1, 0.15) is 30.5 Å². The largest absolute Gasteiger partial charge is 0.492 e. The monoisotopic (exact) mass is 257 g/mol. The number of hydrogen-bond donors (Lipinski definition) is 2. The van der Waals surface area contributed by atoms with Gasteiger partial charge >= 0.3 is 0 Å². The minimum Gasteiger partial charge on any atom is -0.492 e. The highest BCUT2D eigenvalue weighted by Crippen LogP contribution is 2.23. The molecule has 1 atom stereocenters. The van der Waals surface area contributed by atoms with Crippen molar-refractivity contribution < 1.29 is 4.74 Å². The summed E-state index contributed by atoms with van der Waals surface area (Å²) < 4.78 is 5.60. The van der Waals surface area contributed by atoms with Gasteiger partial charge < -0.3 is 4.74 Å². The van der Waals surface area contributed by atoms with Crippen molar-refractivity contribution in [3.63, 3.8) is 0 Å². The third-order valence-corrected chi connectivity index (χ3v) is 2.84. The fourth-order valence-electron chi connectivity index (χ4n) is 1.92. The maximum atomic E-state index is 5.67. The Hall–Kier alpha value is -1.91. The molecule has 0 saturated heterocycles. The van der Waals surface area contributed by atoms with E-state index in [0.717, 1.165) is 23.3 Å². The minimum absolute atomic E-state index is 0.0844. The number of nitrogens with two attached hydrogens (primary N) is 1. The van der Waals surface area contributed by atoms with Gasteiger partial charge in [0.15, 0.2) is 0 Å². The third kappa shape index (κ3) is 3.53. The van der Waals surface area contributed by atoms with Crippen LogP contribution in [0, 0.1) is 0 Å². The lowest BCUT2D eigenvalue weighted by Crippen LogP contribution is -2.28. The molecular formula is C15H19N3O. The van der Waals surface area contributed by atoms with E-state index in [1.54, 1.807) is 12.4 Å². The molecule has 1 heterocycles. The lowest BCUT2D eigenvalue weighted by Gasteiger charge is -2.17. The van der Waals surface area contributed by atoms with Gasteiger partial charge in [0.25, 0.3) is 0 Å². The van der Waals surface area contributed by atoms with Gasteiger partial charge in [-0.15, -0.1) is 0 Å². The van der Waals surface area contributed by atoms with Crippen LogP contribution in [-0.4, -0.2) is 11.6 Å². The van der Waals surface area contributed by atoms with Crippen LogP contribution in [0.5, 0.6) is 5.75 Å². The molecular weight excluding hydrogens is 238 g/mol. The molecule has 1 aromatic heterocycles. The highest BCUT2D eigenvalue weighted by atomic mass is 16.5. The van der Waals surface area contributed by atoms with E-state index in [2.05, 4.69) is 17.3 Å². The summed E-state index contributed by atoms with van der Waals surface area (Å²) >= 11 is 0. The first-order valence-corrected chi connectivity index (χ1v) is 6.44. The fourth-order valence-corrected chi connectivity index (χ4v) is 1.92. The molecule has 2 aromatic rings. The van der Waals surface area contributed by atoms with Crippen LogP contribution in [0.25, 0.3) is 0 Å². The van der Waals surface area contributed by atoms with Crippen molar-refractivity contribution in [2.45, 2.75) is 19.4 Å². The van der Waals surface area contributed by atoms with Gasteiger partial charge in [0.1, 0.15) is 5.75 Å². The van der Waals surface area contributed by atoms with E-state index < -0.39 is 0 Å². The molecule has 1 aromatic carbocycles. The van der Waals surface area contributed by atoms with Gasteiger partial charge in [0, 0.05) is 6.20 Å². The molecule has 0 amide bonds. The third-order valence-electron chi connectivity index (χ3n) is 2.84. The highest BCUT2D eigenvalue weighted by Gasteiger charge is 2.13. The van der Waals surface area contributed by atoms with Gasteiger partial charge in [0.05, 0.1) is 18.8 Å². The topological polar surface area (TPSA) is 60.2 Å². The highest BCUT2D eigenvalue weighted by molar-refractivity contribution is 5.33. The van der Waals surface area contributed by atoms with E-state index in [1.807, 2.05) is 36.4 Å². The Morgan fingerprint density at radius 1 is 1.21 bits per heavy atom. The first-order valence-electron chi connectivity index (χ1n) is 6.44. The number of rotatable bonds is 6. The molecule has 0 aliphatic heterocycles. The van der Waals surface area contributed by atoms with E-state index in [0.29, 0.717) is 6.61 Å². The van der Waals surface area contributed by atoms with Crippen LogP contribution in [0.15, 0.2) is 48.8 Å². The molecule has 100 valence electrons. The summed E-state index contributed by atoms with van der Waals surface area (Å²) in [5, 5.41) is 0. The Balaban J connectivity index is 2.23. The summed E-state index contributed by atoms with van der Waals surface area (Å²) in [7, 11) is 0. The lowest BCUT2D eigenvalue weighted by atomic mass is 10.0. The van der Waals surface area contributed by atoms with E-state index in [9.17, 15) is 0 Å². The van der Waals surface area contributed by atoms with Crippen molar-refractivity contribution in [1.82, 2.24) is 10.4 Å². The van der Waals surface area contributed by atoms with Crippen molar-refractivity contribution >= 4 is 0 Å². The molecule has 0 spiro atoms. The second-order valence-electron chi connectivity index (χ2n) is 4.31. The standard InChI is InChI=1S/C15H19N3O/c1-2-8-19-14-9-13(10-17-11-14)15(18-16)12-6-4-3-5-7-12/h3-7,9-11,15,18H,2,8,16H2,1H3. The van der Waals surface area contributed by atoms with Crippen LogP contribution in [0.2, 0.25) is 0 Å². The van der Waals surface area contributed by atoms with Crippen molar-refractivity contribution in [3.8, 4) is 5.75 Å². The molecule has 0 aliphatic carbocycles. The molecule has 0 bridgehead atoms. The summed E-state index contributed by atoms with van der Waals surface area (Å²) in [5.41, 5.74) is 4.91. The molecule has 3 N–H and O–H groups in total. The van der Waals surface area contributed by atoms with E-state index in [1.165, 1.54) is 0 Å². The van der Waals surface area contributed by atoms with Crippen LogP contribution >= 0.6 is 0 Å². The first-order chi connectivity index (χ1) is 9.35. The molecule has 4 heteroatoms. The molecule has 19 heavy (non-hydrogen) atoms. The zero-order valence-electron chi connectivity index (χ0n) is 11.0. The summed E-state index contributed by atoms with van der Waals surface area (Å²) in [6.45, 7) is 2.77. The molecule has 4 nitrogen and oxygen atoms in total. The minimum atomic E-state index is -0.0844. The van der Waals surface area contributed by atoms with Crippen molar-refractivity contribution in [2.75, 3.05) is 6.61 Å². The second-order valence-corrected chi connectivity index (χ2v) is 4.31. The first kappa shape index (κ1) is 13.5. The Bertz CT molecular complexity index is 502. The van der Waals surface area contributed by atoms with Crippen LogP contribution in [-0.2, 0) is 0 Å². The van der Waals surface area contributed by atoms with Crippen LogP contribution < -0.4 is 16.0 Å². The maximum absolute atomic E-state index is 5.67. The summed E-state index contributed by atoms with van der Waals surface area (Å²) in [4.78, 5) is 4.21. The molecule has 0 radical (unpaired) electrons. The van der Waals surface area contributed by atoms with Crippen molar-refractivity contribution in [1.29, 1.82) is 0 Å². The Morgan fingerprint density at radius 3 is 2.68 bits per heavy atom. The van der Waals surface area contributed by atoms with Gasteiger partial charge in [-0.25, -0.2) is 5.43 Å². The lowest BCUT2D eigenvalue weighted by molar-refractivity contribution is 0.315. The summed E-state index contributed by atoms with van der Waals surface area (Å²) in [6, 6.07) is 11.9. The normalized spacial score (nSPS) is 12.1. The quantitative estimate of drug-likeness (QED) is 0.616. The molecule has 0 saturated carbocycles. The average Bonchev–Trinajstić information content (AvgIpc) is 2.47. The van der Waals surface area contributed by atoms with Crippen LogP contribution in [0.3, 0.4) is 0 Å². The van der Waals surface area contributed by atoms with E-state index in [-0.39, 0.29) is 6.04 Å². The molecule has 0 fully saturated rings. The number of nitrogens with one attached hydrogen (secondary N) is 1. The average molecular weight is 257 g/mol. The predicted molar refractivity (Wildman–Crippen MR) is 75.6 cm³/mol. The van der Waals surface area contributed by atoms with Gasteiger partial charge in [0.2, 0.25) is 0 Å².